The molecule has 0 saturated heterocycles. The van der Waals surface area contributed by atoms with E-state index in [4.69, 9.17) is 4.74 Å². The zero-order chi connectivity index (χ0) is 23.8. The number of hydrazone groups is 1. The Labute approximate surface area is 197 Å². The summed E-state index contributed by atoms with van der Waals surface area (Å²) in [7, 11) is 0. The van der Waals surface area contributed by atoms with Crippen molar-refractivity contribution in [2.75, 3.05) is 0 Å². The molecule has 0 fully saturated rings. The van der Waals surface area contributed by atoms with Gasteiger partial charge in [0, 0.05) is 0 Å². The van der Waals surface area contributed by atoms with Crippen molar-refractivity contribution in [3.8, 4) is 5.75 Å². The Balaban J connectivity index is 1.44. The molecule has 0 bridgehead atoms. The Kier molecular flexibility index (Phi) is 6.91. The number of hydrogen-bond acceptors (Lipinski definition) is 5. The molecule has 0 atom stereocenters. The van der Waals surface area contributed by atoms with Gasteiger partial charge in [-0.15, -0.1) is 0 Å². The second-order valence-corrected chi connectivity index (χ2v) is 7.47. The molecule has 0 aliphatic carbocycles. The molecule has 2 N–H and O–H groups in total. The SMILES string of the molecule is O=C(Oc1ccc(/C=N/NC(=O)C(O)(c2ccccc2)c2ccccc2)cc1)c1ccccc1. The first-order valence-corrected chi connectivity index (χ1v) is 10.6. The summed E-state index contributed by atoms with van der Waals surface area (Å²) in [4.78, 5) is 25.2. The maximum Gasteiger partial charge on any atom is 0.343 e. The van der Waals surface area contributed by atoms with Crippen LogP contribution >= 0.6 is 0 Å². The van der Waals surface area contributed by atoms with Gasteiger partial charge in [-0.2, -0.15) is 5.10 Å². The largest absolute Gasteiger partial charge is 0.423 e. The number of carbonyl (C=O) groups excluding carboxylic acids is 2. The fraction of sp³-hybridized carbons (Fsp3) is 0.0357. The van der Waals surface area contributed by atoms with E-state index in [9.17, 15) is 14.7 Å². The van der Waals surface area contributed by atoms with Gasteiger partial charge in [0.2, 0.25) is 0 Å². The molecule has 4 aromatic carbocycles. The van der Waals surface area contributed by atoms with E-state index in [-0.39, 0.29) is 0 Å². The van der Waals surface area contributed by atoms with Gasteiger partial charge in [-0.05, 0) is 53.1 Å². The average molecular weight is 450 g/mol. The van der Waals surface area contributed by atoms with Gasteiger partial charge in [-0.1, -0.05) is 78.9 Å². The Morgan fingerprint density at radius 3 is 1.76 bits per heavy atom. The minimum Gasteiger partial charge on any atom is -0.423 e. The molecular formula is C28H22N2O4. The van der Waals surface area contributed by atoms with E-state index in [1.165, 1.54) is 6.21 Å². The zero-order valence-electron chi connectivity index (χ0n) is 18.2. The molecule has 0 aliphatic rings. The lowest BCUT2D eigenvalue weighted by Gasteiger charge is -2.27. The van der Waals surface area contributed by atoms with Crippen molar-refractivity contribution in [1.29, 1.82) is 0 Å². The lowest BCUT2D eigenvalue weighted by molar-refractivity contribution is -0.136. The zero-order valence-corrected chi connectivity index (χ0v) is 18.2. The summed E-state index contributed by atoms with van der Waals surface area (Å²) in [6, 6.07) is 32.8. The maximum absolute atomic E-state index is 13.0. The highest BCUT2D eigenvalue weighted by Gasteiger charge is 2.39. The fourth-order valence-corrected chi connectivity index (χ4v) is 3.40. The summed E-state index contributed by atoms with van der Waals surface area (Å²) in [5.41, 5.74) is 2.51. The summed E-state index contributed by atoms with van der Waals surface area (Å²) in [6.07, 6.45) is 1.44. The third-order valence-electron chi connectivity index (χ3n) is 5.19. The van der Waals surface area contributed by atoms with Gasteiger partial charge >= 0.3 is 5.97 Å². The highest BCUT2D eigenvalue weighted by molar-refractivity contribution is 5.92. The molecule has 6 nitrogen and oxygen atoms in total. The van der Waals surface area contributed by atoms with Gasteiger partial charge < -0.3 is 9.84 Å². The first-order valence-electron chi connectivity index (χ1n) is 10.6. The van der Waals surface area contributed by atoms with Crippen molar-refractivity contribution in [1.82, 2.24) is 5.43 Å². The van der Waals surface area contributed by atoms with E-state index in [0.717, 1.165) is 0 Å². The summed E-state index contributed by atoms with van der Waals surface area (Å²) in [6.45, 7) is 0. The molecule has 1 amide bonds. The van der Waals surface area contributed by atoms with Crippen molar-refractivity contribution in [2.24, 2.45) is 5.10 Å². The first kappa shape index (κ1) is 22.6. The van der Waals surface area contributed by atoms with Crippen molar-refractivity contribution >= 4 is 18.1 Å². The van der Waals surface area contributed by atoms with Crippen LogP contribution in [0.1, 0.15) is 27.0 Å². The van der Waals surface area contributed by atoms with Crippen LogP contribution in [0.15, 0.2) is 120 Å². The number of aliphatic hydroxyl groups is 1. The second-order valence-electron chi connectivity index (χ2n) is 7.47. The molecular weight excluding hydrogens is 428 g/mol. The van der Waals surface area contributed by atoms with Crippen LogP contribution in [-0.4, -0.2) is 23.2 Å². The average Bonchev–Trinajstić information content (AvgIpc) is 2.90. The van der Waals surface area contributed by atoms with Crippen molar-refractivity contribution in [3.05, 3.63) is 138 Å². The summed E-state index contributed by atoms with van der Waals surface area (Å²) < 4.78 is 5.35. The van der Waals surface area contributed by atoms with E-state index in [1.54, 1.807) is 97.1 Å². The molecule has 0 radical (unpaired) electrons. The van der Waals surface area contributed by atoms with Gasteiger partial charge in [0.25, 0.3) is 5.91 Å². The van der Waals surface area contributed by atoms with Crippen molar-refractivity contribution in [2.45, 2.75) is 5.60 Å². The van der Waals surface area contributed by atoms with Crippen LogP contribution in [0.25, 0.3) is 0 Å². The highest BCUT2D eigenvalue weighted by atomic mass is 16.5. The number of nitrogens with zero attached hydrogens (tertiary/aromatic N) is 1. The number of carbonyl (C=O) groups is 2. The normalized spacial score (nSPS) is 11.2. The van der Waals surface area contributed by atoms with E-state index in [2.05, 4.69) is 10.5 Å². The Hall–Kier alpha value is -4.55. The van der Waals surface area contributed by atoms with Crippen LogP contribution in [0.2, 0.25) is 0 Å². The number of ether oxygens (including phenoxy) is 1. The standard InChI is InChI=1S/C28H22N2O4/c31-26(22-10-4-1-5-11-22)34-25-18-16-21(17-19-25)20-29-30-27(32)28(33,23-12-6-2-7-13-23)24-14-8-3-9-15-24/h1-20,33H,(H,30,32)/b29-20+. The minimum absolute atomic E-state index is 0.387. The van der Waals surface area contributed by atoms with E-state index in [1.807, 2.05) is 18.2 Å². The minimum atomic E-state index is -1.91. The molecule has 4 rings (SSSR count). The molecule has 0 spiro atoms. The lowest BCUT2D eigenvalue weighted by atomic mass is 9.85. The summed E-state index contributed by atoms with van der Waals surface area (Å²) >= 11 is 0. The second kappa shape index (κ2) is 10.4. The molecule has 0 saturated carbocycles. The molecule has 0 unspecified atom stereocenters. The topological polar surface area (TPSA) is 88.0 Å². The van der Waals surface area contributed by atoms with Crippen LogP contribution in [-0.2, 0) is 10.4 Å². The Morgan fingerprint density at radius 2 is 1.24 bits per heavy atom. The first-order chi connectivity index (χ1) is 16.6. The smallest absolute Gasteiger partial charge is 0.343 e. The van der Waals surface area contributed by atoms with Gasteiger partial charge in [-0.3, -0.25) is 4.79 Å². The molecule has 0 heterocycles. The number of nitrogens with one attached hydrogen (secondary N) is 1. The van der Waals surface area contributed by atoms with Crippen LogP contribution in [0, 0.1) is 0 Å². The predicted molar refractivity (Wildman–Crippen MR) is 129 cm³/mol. The fourth-order valence-electron chi connectivity index (χ4n) is 3.40. The number of amides is 1. The number of esters is 1. The van der Waals surface area contributed by atoms with Crippen LogP contribution in [0.3, 0.4) is 0 Å². The van der Waals surface area contributed by atoms with Crippen molar-refractivity contribution < 1.29 is 19.4 Å². The Morgan fingerprint density at radius 1 is 0.735 bits per heavy atom. The molecule has 0 aromatic heterocycles. The van der Waals surface area contributed by atoms with Crippen molar-refractivity contribution in [3.63, 3.8) is 0 Å². The van der Waals surface area contributed by atoms with E-state index < -0.39 is 17.5 Å². The van der Waals surface area contributed by atoms with Crippen LogP contribution in [0.4, 0.5) is 0 Å². The number of hydrogen-bond donors (Lipinski definition) is 2. The van der Waals surface area contributed by atoms with Crippen LogP contribution in [0.5, 0.6) is 5.75 Å². The third kappa shape index (κ3) is 5.09. The Bertz CT molecular complexity index is 1230. The quantitative estimate of drug-likeness (QED) is 0.190. The van der Waals surface area contributed by atoms with Crippen LogP contribution < -0.4 is 10.2 Å². The molecule has 34 heavy (non-hydrogen) atoms. The van der Waals surface area contributed by atoms with Gasteiger partial charge in [0.05, 0.1) is 11.8 Å². The van der Waals surface area contributed by atoms with E-state index in [0.29, 0.717) is 28.0 Å². The van der Waals surface area contributed by atoms with Gasteiger partial charge in [0.15, 0.2) is 5.60 Å². The molecule has 6 heteroatoms. The monoisotopic (exact) mass is 450 g/mol. The molecule has 4 aromatic rings. The summed E-state index contributed by atoms with van der Waals surface area (Å²) in [5, 5.41) is 15.4. The summed E-state index contributed by atoms with van der Waals surface area (Å²) in [5.74, 6) is -0.748. The van der Waals surface area contributed by atoms with E-state index >= 15 is 0 Å². The van der Waals surface area contributed by atoms with Gasteiger partial charge in [-0.25, -0.2) is 10.2 Å². The third-order valence-corrected chi connectivity index (χ3v) is 5.19. The molecule has 0 aliphatic heterocycles. The molecule has 168 valence electrons. The highest BCUT2D eigenvalue weighted by Crippen LogP contribution is 2.29. The maximum atomic E-state index is 13.0. The number of rotatable bonds is 7. The lowest BCUT2D eigenvalue weighted by Crippen LogP contribution is -2.43. The predicted octanol–water partition coefficient (Wildman–Crippen LogP) is 4.29. The van der Waals surface area contributed by atoms with Gasteiger partial charge in [0.1, 0.15) is 5.75 Å². The number of benzene rings is 4.